The molecule has 3 heterocycles. The van der Waals surface area contributed by atoms with Gasteiger partial charge < -0.3 is 10.1 Å². The summed E-state index contributed by atoms with van der Waals surface area (Å²) in [5.74, 6) is 0.325. The van der Waals surface area contributed by atoms with Gasteiger partial charge in [0.1, 0.15) is 11.3 Å². The van der Waals surface area contributed by atoms with E-state index in [0.29, 0.717) is 16.5 Å². The van der Waals surface area contributed by atoms with Crippen molar-refractivity contribution >= 4 is 23.3 Å². The number of benzene rings is 1. The number of aromatic nitrogens is 3. The summed E-state index contributed by atoms with van der Waals surface area (Å²) < 4.78 is 5.77. The van der Waals surface area contributed by atoms with E-state index in [-0.39, 0.29) is 30.1 Å². The molecule has 2 amide bonds. The SMILES string of the molecule is CC1(C)OC(=O)N([C@H]2CC[C@H](NC(=O)c3csc(-c4ncccn4)n3)CC2)[C@H]1c1ccccc1. The van der Waals surface area contributed by atoms with Crippen molar-refractivity contribution in [2.75, 3.05) is 0 Å². The first-order chi connectivity index (χ1) is 16.4. The zero-order valence-electron chi connectivity index (χ0n) is 19.2. The Labute approximate surface area is 202 Å². The fraction of sp³-hybridized carbons (Fsp3) is 0.400. The zero-order valence-corrected chi connectivity index (χ0v) is 20.0. The fourth-order valence-electron chi connectivity index (χ4n) is 4.98. The number of nitrogens with zero attached hydrogens (tertiary/aromatic N) is 4. The van der Waals surface area contributed by atoms with Gasteiger partial charge in [0.15, 0.2) is 10.8 Å². The minimum atomic E-state index is -0.603. The molecule has 0 unspecified atom stereocenters. The second-order valence-corrected chi connectivity index (χ2v) is 10.1. The van der Waals surface area contributed by atoms with E-state index in [9.17, 15) is 9.59 Å². The Balaban J connectivity index is 1.22. The van der Waals surface area contributed by atoms with Crippen molar-refractivity contribution in [2.45, 2.75) is 63.3 Å². The fourth-order valence-corrected chi connectivity index (χ4v) is 5.72. The molecule has 8 nitrogen and oxygen atoms in total. The van der Waals surface area contributed by atoms with Crippen LogP contribution in [0.1, 0.15) is 61.6 Å². The van der Waals surface area contributed by atoms with Crippen LogP contribution in [0.5, 0.6) is 0 Å². The average molecular weight is 478 g/mol. The van der Waals surface area contributed by atoms with Gasteiger partial charge in [-0.3, -0.25) is 9.69 Å². The van der Waals surface area contributed by atoms with Crippen LogP contribution >= 0.6 is 11.3 Å². The van der Waals surface area contributed by atoms with Gasteiger partial charge in [-0.25, -0.2) is 19.7 Å². The van der Waals surface area contributed by atoms with Crippen molar-refractivity contribution in [2.24, 2.45) is 0 Å². The Bertz CT molecular complexity index is 1160. The number of carbonyl (C=O) groups is 2. The van der Waals surface area contributed by atoms with Gasteiger partial charge in [-0.1, -0.05) is 30.3 Å². The van der Waals surface area contributed by atoms with Crippen LogP contribution < -0.4 is 5.32 Å². The van der Waals surface area contributed by atoms with E-state index >= 15 is 0 Å². The molecular formula is C25H27N5O3S. The van der Waals surface area contributed by atoms with Crippen molar-refractivity contribution in [3.63, 3.8) is 0 Å². The highest BCUT2D eigenvalue weighted by Gasteiger charge is 2.51. The van der Waals surface area contributed by atoms with Crippen molar-refractivity contribution < 1.29 is 14.3 Å². The number of rotatable bonds is 5. The van der Waals surface area contributed by atoms with E-state index in [0.717, 1.165) is 31.2 Å². The van der Waals surface area contributed by atoms with Gasteiger partial charge in [0.05, 0.1) is 6.04 Å². The molecule has 3 aromatic rings. The highest BCUT2D eigenvalue weighted by Crippen LogP contribution is 2.44. The smallest absolute Gasteiger partial charge is 0.411 e. The first-order valence-electron chi connectivity index (χ1n) is 11.5. The third-order valence-corrected chi connectivity index (χ3v) is 7.37. The number of ether oxygens (including phenoxy) is 1. The van der Waals surface area contributed by atoms with Crippen LogP contribution in [0.25, 0.3) is 10.8 Å². The summed E-state index contributed by atoms with van der Waals surface area (Å²) >= 11 is 1.35. The lowest BCUT2D eigenvalue weighted by molar-refractivity contribution is 0.0663. The number of hydrogen-bond donors (Lipinski definition) is 1. The Morgan fingerprint density at radius 3 is 2.50 bits per heavy atom. The minimum Gasteiger partial charge on any atom is -0.441 e. The van der Waals surface area contributed by atoms with Crippen LogP contribution in [0.4, 0.5) is 4.79 Å². The molecule has 5 rings (SSSR count). The van der Waals surface area contributed by atoms with E-state index in [1.54, 1.807) is 23.8 Å². The molecule has 1 saturated heterocycles. The normalized spacial score (nSPS) is 24.0. The number of hydrogen-bond acceptors (Lipinski definition) is 7. The second-order valence-electron chi connectivity index (χ2n) is 9.28. The second kappa shape index (κ2) is 9.13. The van der Waals surface area contributed by atoms with E-state index < -0.39 is 5.60 Å². The maximum Gasteiger partial charge on any atom is 0.411 e. The molecule has 176 valence electrons. The van der Waals surface area contributed by atoms with Crippen molar-refractivity contribution in [3.8, 4) is 10.8 Å². The van der Waals surface area contributed by atoms with Crippen molar-refractivity contribution in [3.05, 3.63) is 65.4 Å². The molecule has 1 aromatic carbocycles. The summed E-state index contributed by atoms with van der Waals surface area (Å²) in [5.41, 5.74) is 0.855. The number of nitrogens with one attached hydrogen (secondary N) is 1. The summed E-state index contributed by atoms with van der Waals surface area (Å²) in [4.78, 5) is 40.3. The minimum absolute atomic E-state index is 0.0451. The van der Waals surface area contributed by atoms with Crippen LogP contribution in [-0.2, 0) is 4.74 Å². The third kappa shape index (κ3) is 4.40. The van der Waals surface area contributed by atoms with Gasteiger partial charge in [-0.05, 0) is 51.2 Å². The van der Waals surface area contributed by atoms with E-state index in [1.165, 1.54) is 11.3 Å². The molecule has 9 heteroatoms. The van der Waals surface area contributed by atoms with E-state index in [4.69, 9.17) is 4.74 Å². The molecule has 0 spiro atoms. The molecular weight excluding hydrogens is 450 g/mol. The number of carbonyl (C=O) groups excluding carboxylic acids is 2. The Morgan fingerprint density at radius 1 is 1.09 bits per heavy atom. The highest BCUT2D eigenvalue weighted by atomic mass is 32.1. The van der Waals surface area contributed by atoms with Crippen molar-refractivity contribution in [1.29, 1.82) is 0 Å². The average Bonchev–Trinajstić information content (AvgIpc) is 3.43. The molecule has 0 bridgehead atoms. The molecule has 1 atom stereocenters. The summed E-state index contributed by atoms with van der Waals surface area (Å²) in [6, 6.07) is 11.8. The predicted molar refractivity (Wildman–Crippen MR) is 128 cm³/mol. The number of cyclic esters (lactones) is 1. The molecule has 1 aliphatic heterocycles. The number of thiazole rings is 1. The lowest BCUT2D eigenvalue weighted by Gasteiger charge is -2.38. The predicted octanol–water partition coefficient (Wildman–Crippen LogP) is 4.61. The Morgan fingerprint density at radius 2 is 1.79 bits per heavy atom. The maximum absolute atomic E-state index is 12.9. The lowest BCUT2D eigenvalue weighted by atomic mass is 9.86. The van der Waals surface area contributed by atoms with Crippen LogP contribution in [0, 0.1) is 0 Å². The summed E-state index contributed by atoms with van der Waals surface area (Å²) in [5, 5.41) is 5.47. The van der Waals surface area contributed by atoms with Crippen LogP contribution in [-0.4, -0.2) is 49.5 Å². The molecule has 0 radical (unpaired) electrons. The molecule has 34 heavy (non-hydrogen) atoms. The molecule has 1 saturated carbocycles. The van der Waals surface area contributed by atoms with Crippen LogP contribution in [0.2, 0.25) is 0 Å². The highest BCUT2D eigenvalue weighted by molar-refractivity contribution is 7.13. The lowest BCUT2D eigenvalue weighted by Crippen LogP contribution is -2.46. The largest absolute Gasteiger partial charge is 0.441 e. The van der Waals surface area contributed by atoms with Gasteiger partial charge in [-0.15, -0.1) is 11.3 Å². The Hall–Kier alpha value is -3.33. The summed E-state index contributed by atoms with van der Waals surface area (Å²) in [6.45, 7) is 3.94. The van der Waals surface area contributed by atoms with Gasteiger partial charge >= 0.3 is 6.09 Å². The zero-order chi connectivity index (χ0) is 23.7. The van der Waals surface area contributed by atoms with E-state index in [2.05, 4.69) is 32.4 Å². The number of amides is 2. The molecule has 2 aromatic heterocycles. The van der Waals surface area contributed by atoms with Crippen molar-refractivity contribution in [1.82, 2.24) is 25.2 Å². The third-order valence-electron chi connectivity index (χ3n) is 6.53. The molecule has 2 aliphatic rings. The van der Waals surface area contributed by atoms with Gasteiger partial charge in [0, 0.05) is 29.9 Å². The summed E-state index contributed by atoms with van der Waals surface area (Å²) in [6.07, 6.45) is 6.24. The topological polar surface area (TPSA) is 97.3 Å². The molecule has 2 fully saturated rings. The van der Waals surface area contributed by atoms with Gasteiger partial charge in [-0.2, -0.15) is 0 Å². The first kappa shape index (κ1) is 22.5. The van der Waals surface area contributed by atoms with E-state index in [1.807, 2.05) is 36.9 Å². The maximum atomic E-state index is 12.9. The van der Waals surface area contributed by atoms with Gasteiger partial charge in [0.25, 0.3) is 5.91 Å². The molecule has 1 aliphatic carbocycles. The summed E-state index contributed by atoms with van der Waals surface area (Å²) in [7, 11) is 0. The quantitative estimate of drug-likeness (QED) is 0.576. The van der Waals surface area contributed by atoms with Gasteiger partial charge in [0.2, 0.25) is 0 Å². The molecule has 1 N–H and O–H groups in total. The Kier molecular flexibility index (Phi) is 6.03. The van der Waals surface area contributed by atoms with Crippen LogP contribution in [0.15, 0.2) is 54.2 Å². The van der Waals surface area contributed by atoms with Crippen LogP contribution in [0.3, 0.4) is 0 Å². The first-order valence-corrected chi connectivity index (χ1v) is 12.4. The monoisotopic (exact) mass is 477 g/mol. The standard InChI is InChI=1S/C25H27N5O3S/c1-25(2)20(16-7-4-3-5-8-16)30(24(32)33-25)18-11-9-17(10-12-18)28-22(31)19-15-34-23(29-19)21-26-13-6-14-27-21/h3-8,13-15,17-18,20H,9-12H2,1-2H3,(H,28,31)/t17-,18-,20-/m0/s1.